The molecule has 15 heavy (non-hydrogen) atoms. The highest BCUT2D eigenvalue weighted by Crippen LogP contribution is 2.30. The lowest BCUT2D eigenvalue weighted by Gasteiger charge is -2.04. The summed E-state index contributed by atoms with van der Waals surface area (Å²) in [7, 11) is 0. The number of aliphatic carboxylic acids is 1. The first-order chi connectivity index (χ1) is 7.27. The maximum Gasteiger partial charge on any atom is 0.303 e. The van der Waals surface area contributed by atoms with Gasteiger partial charge in [0.1, 0.15) is 0 Å². The predicted molar refractivity (Wildman–Crippen MR) is 59.6 cm³/mol. The number of rotatable bonds is 4. The Bertz CT molecular complexity index is 405. The van der Waals surface area contributed by atoms with E-state index in [0.717, 1.165) is 19.3 Å². The molecule has 1 N–H and O–H groups in total. The summed E-state index contributed by atoms with van der Waals surface area (Å²) in [5.74, 6) is -0.707. The first-order valence-corrected chi connectivity index (χ1v) is 5.26. The molecule has 0 aliphatic heterocycles. The van der Waals surface area contributed by atoms with E-state index in [9.17, 15) is 4.79 Å². The van der Waals surface area contributed by atoms with E-state index in [1.807, 2.05) is 12.1 Å². The van der Waals surface area contributed by atoms with Crippen LogP contribution in [0.4, 0.5) is 0 Å². The zero-order valence-electron chi connectivity index (χ0n) is 8.57. The average Bonchev–Trinajstić information content (AvgIpc) is 2.62. The first-order valence-electron chi connectivity index (χ1n) is 5.26. The molecule has 1 aromatic carbocycles. The van der Waals surface area contributed by atoms with Crippen molar-refractivity contribution in [2.24, 2.45) is 0 Å². The molecule has 0 bridgehead atoms. The lowest BCUT2D eigenvalue weighted by atomic mass is 10.0. The van der Waals surface area contributed by atoms with Crippen molar-refractivity contribution in [3.05, 3.63) is 41.5 Å². The number of hydrogen-bond donors (Lipinski definition) is 1. The van der Waals surface area contributed by atoms with Crippen LogP contribution in [0, 0.1) is 0 Å². The summed E-state index contributed by atoms with van der Waals surface area (Å²) in [5.41, 5.74) is 3.98. The van der Waals surface area contributed by atoms with Crippen molar-refractivity contribution in [2.75, 3.05) is 0 Å². The van der Waals surface area contributed by atoms with E-state index in [0.29, 0.717) is 0 Å². The molecule has 0 saturated carbocycles. The quantitative estimate of drug-likeness (QED) is 0.815. The summed E-state index contributed by atoms with van der Waals surface area (Å²) in [6, 6.07) is 8.34. The fourth-order valence-electron chi connectivity index (χ4n) is 2.02. The van der Waals surface area contributed by atoms with Gasteiger partial charge in [0.15, 0.2) is 0 Å². The molecule has 0 unspecified atom stereocenters. The topological polar surface area (TPSA) is 37.3 Å². The minimum Gasteiger partial charge on any atom is -0.481 e. The lowest BCUT2D eigenvalue weighted by molar-refractivity contribution is -0.137. The Hall–Kier alpha value is -1.57. The van der Waals surface area contributed by atoms with Gasteiger partial charge >= 0.3 is 5.97 Å². The third-order valence-corrected chi connectivity index (χ3v) is 2.77. The minimum atomic E-state index is -0.707. The summed E-state index contributed by atoms with van der Waals surface area (Å²) in [4.78, 5) is 10.4. The Morgan fingerprint density at radius 2 is 2.13 bits per heavy atom. The number of fused-ring (bicyclic) bond motifs is 1. The first kappa shape index (κ1) is 9.97. The molecule has 1 aromatic rings. The molecule has 0 heterocycles. The molecule has 0 saturated heterocycles. The zero-order valence-corrected chi connectivity index (χ0v) is 8.57. The van der Waals surface area contributed by atoms with Gasteiger partial charge in [0.25, 0.3) is 0 Å². The van der Waals surface area contributed by atoms with Crippen LogP contribution in [0.2, 0.25) is 0 Å². The number of allylic oxidation sites excluding steroid dienone is 2. The molecule has 78 valence electrons. The fraction of sp³-hybridized carbons (Fsp3) is 0.308. The van der Waals surface area contributed by atoms with Gasteiger partial charge in [-0.15, -0.1) is 0 Å². The van der Waals surface area contributed by atoms with E-state index < -0.39 is 5.97 Å². The summed E-state index contributed by atoms with van der Waals surface area (Å²) < 4.78 is 0. The standard InChI is InChI=1S/C13H14O2/c14-13(15)7-3-5-11-9-8-10-4-1-2-6-12(10)11/h1-2,4,6,9H,3,5,7-8H2,(H,14,15). The Morgan fingerprint density at radius 3 is 2.93 bits per heavy atom. The van der Waals surface area contributed by atoms with Crippen LogP contribution in [0.3, 0.4) is 0 Å². The van der Waals surface area contributed by atoms with E-state index in [-0.39, 0.29) is 6.42 Å². The molecule has 0 aromatic heterocycles. The SMILES string of the molecule is O=C(O)CCCC1=CCc2ccccc21. The van der Waals surface area contributed by atoms with E-state index >= 15 is 0 Å². The second-order valence-electron chi connectivity index (χ2n) is 3.84. The van der Waals surface area contributed by atoms with Crippen molar-refractivity contribution < 1.29 is 9.90 Å². The van der Waals surface area contributed by atoms with E-state index in [2.05, 4.69) is 18.2 Å². The Kier molecular flexibility index (Phi) is 2.86. The van der Waals surface area contributed by atoms with Crippen LogP contribution < -0.4 is 0 Å². The molecular formula is C13H14O2. The van der Waals surface area contributed by atoms with Crippen LogP contribution in [0.1, 0.15) is 30.4 Å². The van der Waals surface area contributed by atoms with E-state index in [1.54, 1.807) is 0 Å². The number of benzene rings is 1. The van der Waals surface area contributed by atoms with Gasteiger partial charge in [0, 0.05) is 6.42 Å². The average molecular weight is 202 g/mol. The van der Waals surface area contributed by atoms with Crippen LogP contribution >= 0.6 is 0 Å². The maximum absolute atomic E-state index is 10.4. The molecule has 1 aliphatic rings. The molecule has 0 amide bonds. The van der Waals surface area contributed by atoms with Gasteiger partial charge in [-0.05, 0) is 36.0 Å². The normalized spacial score (nSPS) is 13.5. The molecular weight excluding hydrogens is 188 g/mol. The summed E-state index contributed by atoms with van der Waals surface area (Å²) in [5, 5.41) is 8.56. The van der Waals surface area contributed by atoms with Crippen LogP contribution in [0.5, 0.6) is 0 Å². The van der Waals surface area contributed by atoms with Crippen molar-refractivity contribution in [1.82, 2.24) is 0 Å². The third-order valence-electron chi connectivity index (χ3n) is 2.77. The van der Waals surface area contributed by atoms with Crippen LogP contribution in [0.15, 0.2) is 30.3 Å². The molecule has 0 radical (unpaired) electrons. The number of carboxylic acid groups (broad SMARTS) is 1. The Morgan fingerprint density at radius 1 is 1.33 bits per heavy atom. The monoisotopic (exact) mass is 202 g/mol. The molecule has 2 nitrogen and oxygen atoms in total. The van der Waals surface area contributed by atoms with Gasteiger partial charge in [0.2, 0.25) is 0 Å². The highest BCUT2D eigenvalue weighted by molar-refractivity contribution is 5.73. The molecule has 0 atom stereocenters. The summed E-state index contributed by atoms with van der Waals surface area (Å²) >= 11 is 0. The Labute approximate surface area is 89.2 Å². The maximum atomic E-state index is 10.4. The highest BCUT2D eigenvalue weighted by atomic mass is 16.4. The second-order valence-corrected chi connectivity index (χ2v) is 3.84. The van der Waals surface area contributed by atoms with Crippen molar-refractivity contribution in [3.63, 3.8) is 0 Å². The van der Waals surface area contributed by atoms with Gasteiger partial charge in [-0.1, -0.05) is 30.3 Å². The van der Waals surface area contributed by atoms with Crippen LogP contribution in [0.25, 0.3) is 5.57 Å². The highest BCUT2D eigenvalue weighted by Gasteiger charge is 2.12. The van der Waals surface area contributed by atoms with Crippen molar-refractivity contribution in [3.8, 4) is 0 Å². The minimum absolute atomic E-state index is 0.263. The Balaban J connectivity index is 1.98. The lowest BCUT2D eigenvalue weighted by Crippen LogP contribution is -1.94. The van der Waals surface area contributed by atoms with Crippen molar-refractivity contribution >= 4 is 11.5 Å². The molecule has 0 fully saturated rings. The van der Waals surface area contributed by atoms with Gasteiger partial charge in [-0.2, -0.15) is 0 Å². The molecule has 2 rings (SSSR count). The molecule has 1 aliphatic carbocycles. The van der Waals surface area contributed by atoms with Crippen molar-refractivity contribution in [2.45, 2.75) is 25.7 Å². The predicted octanol–water partition coefficient (Wildman–Crippen LogP) is 2.88. The van der Waals surface area contributed by atoms with Gasteiger partial charge in [-0.3, -0.25) is 4.79 Å². The van der Waals surface area contributed by atoms with Crippen LogP contribution in [-0.2, 0) is 11.2 Å². The van der Waals surface area contributed by atoms with Gasteiger partial charge in [-0.25, -0.2) is 0 Å². The van der Waals surface area contributed by atoms with Crippen LogP contribution in [-0.4, -0.2) is 11.1 Å². The third kappa shape index (κ3) is 2.27. The molecule has 2 heteroatoms. The smallest absolute Gasteiger partial charge is 0.303 e. The second kappa shape index (κ2) is 4.30. The van der Waals surface area contributed by atoms with E-state index in [1.165, 1.54) is 16.7 Å². The fourth-order valence-corrected chi connectivity index (χ4v) is 2.02. The van der Waals surface area contributed by atoms with Crippen molar-refractivity contribution in [1.29, 1.82) is 0 Å². The molecule has 0 spiro atoms. The van der Waals surface area contributed by atoms with Gasteiger partial charge in [0.05, 0.1) is 0 Å². The zero-order chi connectivity index (χ0) is 10.7. The summed E-state index contributed by atoms with van der Waals surface area (Å²) in [6.45, 7) is 0. The van der Waals surface area contributed by atoms with Gasteiger partial charge < -0.3 is 5.11 Å². The number of hydrogen-bond acceptors (Lipinski definition) is 1. The largest absolute Gasteiger partial charge is 0.481 e. The summed E-state index contributed by atoms with van der Waals surface area (Å²) in [6.07, 6.45) is 5.09. The van der Waals surface area contributed by atoms with E-state index in [4.69, 9.17) is 5.11 Å². The number of carbonyl (C=O) groups is 1. The number of carboxylic acids is 1.